The van der Waals surface area contributed by atoms with E-state index in [1.165, 1.54) is 15.9 Å². The van der Waals surface area contributed by atoms with Crippen molar-refractivity contribution in [3.05, 3.63) is 104 Å². The normalized spacial score (nSPS) is 10.9. The summed E-state index contributed by atoms with van der Waals surface area (Å²) in [5.41, 5.74) is 1.21. The van der Waals surface area contributed by atoms with Gasteiger partial charge in [0.15, 0.2) is 0 Å². The molecule has 8 nitrogen and oxygen atoms in total. The van der Waals surface area contributed by atoms with E-state index in [0.717, 1.165) is 15.7 Å². The average Bonchev–Trinajstić information content (AvgIpc) is 3.37. The van der Waals surface area contributed by atoms with Crippen LogP contribution in [0.15, 0.2) is 81.7 Å². The first-order chi connectivity index (χ1) is 17.0. The van der Waals surface area contributed by atoms with Gasteiger partial charge in [-0.25, -0.2) is 4.79 Å². The molecular weight excluding hydrogens is 466 g/mol. The average molecular weight is 492 g/mol. The Labute approximate surface area is 205 Å². The molecule has 0 aliphatic heterocycles. The molecule has 1 N–H and O–H groups in total. The molecule has 0 fully saturated rings. The molecule has 0 bridgehead atoms. The Morgan fingerprint density at radius 1 is 0.886 bits per heavy atom. The van der Waals surface area contributed by atoms with Gasteiger partial charge in [0.25, 0.3) is 5.56 Å². The maximum atomic E-state index is 13.1. The number of carbonyl (C=O) groups excluding carboxylic acids is 2. The van der Waals surface area contributed by atoms with Crippen LogP contribution in [0.5, 0.6) is 0 Å². The summed E-state index contributed by atoms with van der Waals surface area (Å²) in [4.78, 5) is 50.7. The minimum Gasteiger partial charge on any atom is -0.459 e. The molecule has 0 atom stereocenters. The monoisotopic (exact) mass is 491 g/mol. The molecule has 2 heterocycles. The fourth-order valence-corrected chi connectivity index (χ4v) is 4.52. The number of hydrogen-bond acceptors (Lipinski definition) is 6. The Bertz CT molecular complexity index is 1420. The number of fused-ring (bicyclic) bond motifs is 1. The Morgan fingerprint density at radius 3 is 2.29 bits per heavy atom. The van der Waals surface area contributed by atoms with Gasteiger partial charge in [-0.05, 0) is 29.0 Å². The molecule has 2 aromatic heterocycles. The molecular formula is C26H25N3O5S. The van der Waals surface area contributed by atoms with Crippen molar-refractivity contribution in [2.24, 2.45) is 0 Å². The van der Waals surface area contributed by atoms with E-state index >= 15 is 0 Å². The number of thiophene rings is 1. The number of esters is 1. The Hall–Kier alpha value is -3.98. The quantitative estimate of drug-likeness (QED) is 0.344. The summed E-state index contributed by atoms with van der Waals surface area (Å²) in [6, 6.07) is 20.4. The van der Waals surface area contributed by atoms with Crippen molar-refractivity contribution in [1.29, 1.82) is 0 Å². The van der Waals surface area contributed by atoms with Crippen LogP contribution in [0.4, 0.5) is 0 Å². The van der Waals surface area contributed by atoms with Crippen molar-refractivity contribution in [3.8, 4) is 0 Å². The summed E-state index contributed by atoms with van der Waals surface area (Å²) in [6.45, 7) is 0.275. The SMILES string of the molecule is O=C(CCCn1c(=O)c2sccc2n(CC(=O)OCc2ccccc2)c1=O)NCc1ccccc1. The van der Waals surface area contributed by atoms with E-state index in [4.69, 9.17) is 4.74 Å². The number of amides is 1. The highest BCUT2D eigenvalue weighted by Gasteiger charge is 2.17. The first-order valence-electron chi connectivity index (χ1n) is 11.2. The van der Waals surface area contributed by atoms with E-state index in [0.29, 0.717) is 23.2 Å². The van der Waals surface area contributed by atoms with Gasteiger partial charge in [0.1, 0.15) is 17.9 Å². The zero-order valence-electron chi connectivity index (χ0n) is 19.0. The summed E-state index contributed by atoms with van der Waals surface area (Å²) in [5, 5.41) is 4.54. The second-order valence-electron chi connectivity index (χ2n) is 7.97. The summed E-state index contributed by atoms with van der Waals surface area (Å²) >= 11 is 1.21. The highest BCUT2D eigenvalue weighted by atomic mass is 32.1. The van der Waals surface area contributed by atoms with Crippen LogP contribution in [0.2, 0.25) is 0 Å². The Balaban J connectivity index is 1.41. The van der Waals surface area contributed by atoms with E-state index in [1.807, 2.05) is 60.7 Å². The first kappa shape index (κ1) is 24.2. The Morgan fingerprint density at radius 2 is 1.57 bits per heavy atom. The summed E-state index contributed by atoms with van der Waals surface area (Å²) in [6.07, 6.45) is 0.478. The predicted octanol–water partition coefficient (Wildman–Crippen LogP) is 3.06. The third kappa shape index (κ3) is 6.13. The molecule has 0 aliphatic carbocycles. The number of nitrogens with one attached hydrogen (secondary N) is 1. The van der Waals surface area contributed by atoms with Crippen molar-refractivity contribution < 1.29 is 14.3 Å². The lowest BCUT2D eigenvalue weighted by molar-refractivity contribution is -0.145. The molecule has 0 saturated heterocycles. The number of hydrogen-bond donors (Lipinski definition) is 1. The summed E-state index contributed by atoms with van der Waals surface area (Å²) in [7, 11) is 0. The topological polar surface area (TPSA) is 99.4 Å². The minimum atomic E-state index is -0.595. The molecule has 4 aromatic rings. The van der Waals surface area contributed by atoms with Gasteiger partial charge in [-0.2, -0.15) is 0 Å². The third-order valence-corrected chi connectivity index (χ3v) is 6.38. The van der Waals surface area contributed by atoms with Crippen LogP contribution >= 0.6 is 11.3 Å². The van der Waals surface area contributed by atoms with Crippen LogP contribution in [0, 0.1) is 0 Å². The van der Waals surface area contributed by atoms with E-state index in [-0.39, 0.29) is 32.0 Å². The van der Waals surface area contributed by atoms with Gasteiger partial charge in [0.2, 0.25) is 5.91 Å². The molecule has 0 saturated carbocycles. The lowest BCUT2D eigenvalue weighted by atomic mass is 10.2. The lowest BCUT2D eigenvalue weighted by Gasteiger charge is -2.12. The van der Waals surface area contributed by atoms with Crippen LogP contribution in [-0.4, -0.2) is 21.0 Å². The number of aromatic nitrogens is 2. The smallest absolute Gasteiger partial charge is 0.332 e. The lowest BCUT2D eigenvalue weighted by Crippen LogP contribution is -2.41. The van der Waals surface area contributed by atoms with Gasteiger partial charge >= 0.3 is 11.7 Å². The molecule has 0 radical (unpaired) electrons. The molecule has 1 amide bonds. The van der Waals surface area contributed by atoms with E-state index in [1.54, 1.807) is 11.4 Å². The van der Waals surface area contributed by atoms with Crippen molar-refractivity contribution in [1.82, 2.24) is 14.5 Å². The minimum absolute atomic E-state index is 0.0727. The molecule has 0 aliphatic rings. The maximum absolute atomic E-state index is 13.1. The van der Waals surface area contributed by atoms with Gasteiger partial charge < -0.3 is 10.1 Å². The van der Waals surface area contributed by atoms with Gasteiger partial charge in [-0.1, -0.05) is 60.7 Å². The van der Waals surface area contributed by atoms with Gasteiger partial charge in [-0.15, -0.1) is 11.3 Å². The molecule has 0 spiro atoms. The number of carbonyl (C=O) groups is 2. The van der Waals surface area contributed by atoms with Crippen LogP contribution in [0.3, 0.4) is 0 Å². The third-order valence-electron chi connectivity index (χ3n) is 5.48. The largest absolute Gasteiger partial charge is 0.459 e. The van der Waals surface area contributed by atoms with Gasteiger partial charge in [-0.3, -0.25) is 23.5 Å². The van der Waals surface area contributed by atoms with E-state index in [9.17, 15) is 19.2 Å². The maximum Gasteiger partial charge on any atom is 0.332 e. The zero-order chi connectivity index (χ0) is 24.6. The van der Waals surface area contributed by atoms with Crippen LogP contribution in [0.25, 0.3) is 10.2 Å². The van der Waals surface area contributed by atoms with E-state index in [2.05, 4.69) is 5.32 Å². The zero-order valence-corrected chi connectivity index (χ0v) is 19.8. The van der Waals surface area contributed by atoms with Crippen LogP contribution in [-0.2, 0) is 40.6 Å². The highest BCUT2D eigenvalue weighted by molar-refractivity contribution is 7.17. The summed E-state index contributed by atoms with van der Waals surface area (Å²) in [5.74, 6) is -0.738. The van der Waals surface area contributed by atoms with Gasteiger partial charge in [0.05, 0.1) is 5.52 Å². The summed E-state index contributed by atoms with van der Waals surface area (Å²) < 4.78 is 8.06. The predicted molar refractivity (Wildman–Crippen MR) is 134 cm³/mol. The van der Waals surface area contributed by atoms with Crippen LogP contribution < -0.4 is 16.6 Å². The highest BCUT2D eigenvalue weighted by Crippen LogP contribution is 2.15. The number of ether oxygens (including phenoxy) is 1. The molecule has 4 rings (SSSR count). The molecule has 35 heavy (non-hydrogen) atoms. The van der Waals surface area contributed by atoms with Crippen molar-refractivity contribution >= 4 is 33.4 Å². The van der Waals surface area contributed by atoms with Crippen LogP contribution in [0.1, 0.15) is 24.0 Å². The van der Waals surface area contributed by atoms with E-state index < -0.39 is 17.2 Å². The van der Waals surface area contributed by atoms with Crippen molar-refractivity contribution in [2.75, 3.05) is 0 Å². The second kappa shape index (κ2) is 11.4. The van der Waals surface area contributed by atoms with Crippen molar-refractivity contribution in [3.63, 3.8) is 0 Å². The fourth-order valence-electron chi connectivity index (χ4n) is 3.68. The first-order valence-corrected chi connectivity index (χ1v) is 12.1. The Kier molecular flexibility index (Phi) is 7.89. The number of nitrogens with zero attached hydrogens (tertiary/aromatic N) is 2. The number of rotatable bonds is 10. The second-order valence-corrected chi connectivity index (χ2v) is 8.89. The standard InChI is InChI=1S/C26H25N3O5S/c30-22(27-16-19-8-3-1-4-9-19)12-7-14-28-25(32)24-21(13-15-35-24)29(26(28)33)17-23(31)34-18-20-10-5-2-6-11-20/h1-6,8-11,13,15H,7,12,14,16-18H2,(H,27,30). The van der Waals surface area contributed by atoms with Crippen molar-refractivity contribution in [2.45, 2.75) is 39.1 Å². The number of benzene rings is 2. The molecule has 180 valence electrons. The fraction of sp³-hybridized carbons (Fsp3) is 0.231. The molecule has 9 heteroatoms. The van der Waals surface area contributed by atoms with Gasteiger partial charge in [0, 0.05) is 19.5 Å². The molecule has 2 aromatic carbocycles. The molecule has 0 unspecified atom stereocenters.